The van der Waals surface area contributed by atoms with Gasteiger partial charge in [-0.3, -0.25) is 9.59 Å². The first kappa shape index (κ1) is 16.2. The molecule has 0 fully saturated rings. The Kier molecular flexibility index (Phi) is 4.56. The fourth-order valence-electron chi connectivity index (χ4n) is 1.47. The third-order valence-corrected chi connectivity index (χ3v) is 4.13. The second-order valence-corrected chi connectivity index (χ2v) is 6.27. The lowest BCUT2D eigenvalue weighted by atomic mass is 10.4. The number of carboxylic acids is 1. The molecule has 1 aromatic heterocycles. The Morgan fingerprint density at radius 1 is 1.40 bits per heavy atom. The predicted octanol–water partition coefficient (Wildman–Crippen LogP) is -0.522. The Labute approximate surface area is 117 Å². The van der Waals surface area contributed by atoms with Crippen LogP contribution in [0, 0.1) is 0 Å². The van der Waals surface area contributed by atoms with Gasteiger partial charge in [-0.15, -0.1) is 0 Å². The van der Waals surface area contributed by atoms with Crippen molar-refractivity contribution < 1.29 is 23.1 Å². The Bertz CT molecular complexity index is 632. The van der Waals surface area contributed by atoms with Gasteiger partial charge in [0.15, 0.2) is 0 Å². The van der Waals surface area contributed by atoms with Gasteiger partial charge in [0.1, 0.15) is 16.6 Å². The van der Waals surface area contributed by atoms with Gasteiger partial charge in [-0.2, -0.15) is 4.72 Å². The number of nitrogens with one attached hydrogen (secondary N) is 1. The van der Waals surface area contributed by atoms with Crippen LogP contribution in [0.5, 0.6) is 0 Å². The maximum absolute atomic E-state index is 12.0. The summed E-state index contributed by atoms with van der Waals surface area (Å²) in [4.78, 5) is 23.7. The molecule has 9 heteroatoms. The second kappa shape index (κ2) is 5.63. The molecule has 1 amide bonds. The summed E-state index contributed by atoms with van der Waals surface area (Å²) in [5, 5.41) is 8.72. The lowest BCUT2D eigenvalue weighted by molar-refractivity contribution is -0.138. The van der Waals surface area contributed by atoms with Crippen LogP contribution < -0.4 is 4.72 Å². The molecular weight excluding hydrogens is 286 g/mol. The number of sulfonamides is 1. The molecule has 0 radical (unpaired) electrons. The van der Waals surface area contributed by atoms with E-state index in [0.717, 1.165) is 0 Å². The summed E-state index contributed by atoms with van der Waals surface area (Å²) in [6.07, 6.45) is 1.26. The molecule has 1 heterocycles. The van der Waals surface area contributed by atoms with Crippen LogP contribution in [0.3, 0.4) is 0 Å². The molecule has 0 aromatic carbocycles. The average Bonchev–Trinajstić information content (AvgIpc) is 2.70. The number of aryl methyl sites for hydroxylation is 1. The molecule has 0 aliphatic rings. The van der Waals surface area contributed by atoms with E-state index < -0.39 is 22.0 Å². The Hall–Kier alpha value is -1.87. The van der Waals surface area contributed by atoms with Crippen LogP contribution in [0.1, 0.15) is 17.4 Å². The van der Waals surface area contributed by atoms with E-state index in [1.54, 1.807) is 14.1 Å². The Morgan fingerprint density at radius 2 is 1.95 bits per heavy atom. The highest BCUT2D eigenvalue weighted by atomic mass is 32.2. The molecule has 0 bridgehead atoms. The number of carboxylic acid groups (broad SMARTS) is 1. The summed E-state index contributed by atoms with van der Waals surface area (Å²) >= 11 is 0. The monoisotopic (exact) mass is 303 g/mol. The van der Waals surface area contributed by atoms with Crippen LogP contribution in [0.15, 0.2) is 17.2 Å². The number of carbonyl (C=O) groups excluding carboxylic acids is 1. The van der Waals surface area contributed by atoms with Crippen molar-refractivity contribution in [3.05, 3.63) is 18.0 Å². The Morgan fingerprint density at radius 3 is 2.40 bits per heavy atom. The summed E-state index contributed by atoms with van der Waals surface area (Å²) in [6.45, 7) is 1.22. The van der Waals surface area contributed by atoms with E-state index in [0.29, 0.717) is 0 Å². The predicted molar refractivity (Wildman–Crippen MR) is 70.8 cm³/mol. The molecule has 0 aliphatic heterocycles. The molecule has 1 rings (SSSR count). The van der Waals surface area contributed by atoms with Crippen molar-refractivity contribution in [1.82, 2.24) is 14.2 Å². The molecule has 0 aliphatic carbocycles. The van der Waals surface area contributed by atoms with Gasteiger partial charge in [0.25, 0.3) is 5.91 Å². The maximum atomic E-state index is 12.0. The molecule has 8 nitrogen and oxygen atoms in total. The van der Waals surface area contributed by atoms with Crippen LogP contribution in [-0.2, 0) is 21.9 Å². The molecule has 112 valence electrons. The fraction of sp³-hybridized carbons (Fsp3) is 0.455. The number of hydrogen-bond donors (Lipinski definition) is 2. The van der Waals surface area contributed by atoms with Gasteiger partial charge < -0.3 is 14.6 Å². The van der Waals surface area contributed by atoms with E-state index in [1.807, 2.05) is 4.72 Å². The van der Waals surface area contributed by atoms with Crippen molar-refractivity contribution in [2.24, 2.45) is 7.05 Å². The number of carbonyl (C=O) groups is 2. The lowest BCUT2D eigenvalue weighted by Crippen LogP contribution is -2.38. The third-order valence-electron chi connectivity index (χ3n) is 2.62. The SMILES string of the molecule is C[C@@H](NS(=O)(=O)c1cc(C(=O)N(C)C)n(C)c1)C(=O)O. The van der Waals surface area contributed by atoms with Crippen molar-refractivity contribution in [2.45, 2.75) is 17.9 Å². The number of aromatic nitrogens is 1. The van der Waals surface area contributed by atoms with Gasteiger partial charge in [-0.1, -0.05) is 0 Å². The van der Waals surface area contributed by atoms with E-state index in [2.05, 4.69) is 0 Å². The van der Waals surface area contributed by atoms with Crippen LogP contribution in [0.4, 0.5) is 0 Å². The summed E-state index contributed by atoms with van der Waals surface area (Å²) in [7, 11) is 0.650. The minimum absolute atomic E-state index is 0.154. The zero-order valence-electron chi connectivity index (χ0n) is 11.6. The number of aliphatic carboxylic acids is 1. The number of rotatable bonds is 5. The van der Waals surface area contributed by atoms with Crippen molar-refractivity contribution in [3.63, 3.8) is 0 Å². The molecular formula is C11H17N3O5S. The number of amides is 1. The van der Waals surface area contributed by atoms with Gasteiger partial charge in [0, 0.05) is 27.3 Å². The van der Waals surface area contributed by atoms with Crippen LogP contribution >= 0.6 is 0 Å². The first-order valence-electron chi connectivity index (χ1n) is 5.69. The minimum atomic E-state index is -3.99. The molecule has 0 saturated carbocycles. The quantitative estimate of drug-likeness (QED) is 0.760. The molecule has 1 aromatic rings. The first-order valence-corrected chi connectivity index (χ1v) is 7.17. The van der Waals surface area contributed by atoms with E-state index in [4.69, 9.17) is 5.11 Å². The van der Waals surface area contributed by atoms with Gasteiger partial charge >= 0.3 is 5.97 Å². The topological polar surface area (TPSA) is 109 Å². The molecule has 0 saturated heterocycles. The van der Waals surface area contributed by atoms with Crippen molar-refractivity contribution in [3.8, 4) is 0 Å². The summed E-state index contributed by atoms with van der Waals surface area (Å²) in [5.74, 6) is -1.63. The van der Waals surface area contributed by atoms with E-state index in [9.17, 15) is 18.0 Å². The second-order valence-electron chi connectivity index (χ2n) is 4.55. The van der Waals surface area contributed by atoms with Gasteiger partial charge in [0.05, 0.1) is 0 Å². The largest absolute Gasteiger partial charge is 0.480 e. The van der Waals surface area contributed by atoms with Gasteiger partial charge in [0.2, 0.25) is 10.0 Å². The van der Waals surface area contributed by atoms with E-state index in [1.165, 1.54) is 35.7 Å². The smallest absolute Gasteiger partial charge is 0.321 e. The number of hydrogen-bond acceptors (Lipinski definition) is 4. The average molecular weight is 303 g/mol. The number of nitrogens with zero attached hydrogens (tertiary/aromatic N) is 2. The van der Waals surface area contributed by atoms with Crippen LogP contribution in [-0.4, -0.2) is 55.0 Å². The molecule has 2 N–H and O–H groups in total. The van der Waals surface area contributed by atoms with Crippen molar-refractivity contribution in [1.29, 1.82) is 0 Å². The maximum Gasteiger partial charge on any atom is 0.321 e. The first-order chi connectivity index (χ1) is 9.06. The third kappa shape index (κ3) is 3.36. The summed E-state index contributed by atoms with van der Waals surface area (Å²) in [5.41, 5.74) is 0.193. The lowest BCUT2D eigenvalue weighted by Gasteiger charge is -2.10. The standard InChI is InChI=1S/C11H17N3O5S/c1-7(11(16)17)12-20(18,19)8-5-9(14(4)6-8)10(15)13(2)3/h5-7,12H,1-4H3,(H,16,17)/t7-/m1/s1. The van der Waals surface area contributed by atoms with Gasteiger partial charge in [-0.25, -0.2) is 8.42 Å². The zero-order chi connectivity index (χ0) is 15.7. The Balaban J connectivity index is 3.13. The highest BCUT2D eigenvalue weighted by Gasteiger charge is 2.25. The molecule has 0 unspecified atom stereocenters. The van der Waals surface area contributed by atoms with Crippen molar-refractivity contribution >= 4 is 21.9 Å². The molecule has 20 heavy (non-hydrogen) atoms. The summed E-state index contributed by atoms with van der Waals surface area (Å²) in [6, 6.07) is -0.0487. The summed E-state index contributed by atoms with van der Waals surface area (Å²) < 4.78 is 27.4. The van der Waals surface area contributed by atoms with E-state index in [-0.39, 0.29) is 16.5 Å². The molecule has 1 atom stereocenters. The highest BCUT2D eigenvalue weighted by Crippen LogP contribution is 2.15. The highest BCUT2D eigenvalue weighted by molar-refractivity contribution is 7.89. The fourth-order valence-corrected chi connectivity index (χ4v) is 2.74. The van der Waals surface area contributed by atoms with Crippen LogP contribution in [0.2, 0.25) is 0 Å². The zero-order valence-corrected chi connectivity index (χ0v) is 12.4. The van der Waals surface area contributed by atoms with E-state index >= 15 is 0 Å². The van der Waals surface area contributed by atoms with Crippen LogP contribution in [0.25, 0.3) is 0 Å². The minimum Gasteiger partial charge on any atom is -0.480 e. The van der Waals surface area contributed by atoms with Gasteiger partial charge in [-0.05, 0) is 13.0 Å². The normalized spacial score (nSPS) is 13.0. The van der Waals surface area contributed by atoms with Crippen molar-refractivity contribution in [2.75, 3.05) is 14.1 Å². The molecule has 0 spiro atoms.